The molecule has 2 aliphatic heterocycles. The molecule has 1 amide bonds. The van der Waals surface area contributed by atoms with E-state index in [2.05, 4.69) is 31.1 Å². The van der Waals surface area contributed by atoms with Crippen LogP contribution in [0.1, 0.15) is 84.9 Å². The number of ether oxygens (including phenoxy) is 2. The fraction of sp³-hybridized carbons (Fsp3) is 0.793. The van der Waals surface area contributed by atoms with Crippen molar-refractivity contribution >= 4 is 51.6 Å². The molecule has 4 atom stereocenters. The molecule has 0 aromatic carbocycles. The number of halogens is 1. The van der Waals surface area contributed by atoms with Gasteiger partial charge in [-0.2, -0.15) is 0 Å². The lowest BCUT2D eigenvalue weighted by Crippen LogP contribution is -2.44. The van der Waals surface area contributed by atoms with Crippen molar-refractivity contribution in [2.45, 2.75) is 103 Å². The van der Waals surface area contributed by atoms with E-state index in [4.69, 9.17) is 25.2 Å². The van der Waals surface area contributed by atoms with Crippen LogP contribution in [0.15, 0.2) is 15.8 Å². The Hall–Kier alpha value is -1.28. The topological polar surface area (TPSA) is 149 Å². The van der Waals surface area contributed by atoms with Crippen LogP contribution in [0.2, 0.25) is 0 Å². The third-order valence-corrected chi connectivity index (χ3v) is 13.2. The number of nitrogens with zero attached hydrogens (tertiary/aromatic N) is 2. The molecule has 0 saturated carbocycles. The second-order valence-corrected chi connectivity index (χ2v) is 19.3. The van der Waals surface area contributed by atoms with Gasteiger partial charge in [0, 0.05) is 41.8 Å². The number of nitrogens with one attached hydrogen (secondary N) is 2. The minimum Gasteiger partial charge on any atom is -0.449 e. The van der Waals surface area contributed by atoms with Crippen molar-refractivity contribution < 1.29 is 28.2 Å². The first-order valence-electron chi connectivity index (χ1n) is 15.5. The molecular weight excluding hydrogens is 663 g/mol. The lowest BCUT2D eigenvalue weighted by atomic mass is 9.91. The Morgan fingerprint density at radius 2 is 1.89 bits per heavy atom. The molecule has 2 aliphatic rings. The van der Waals surface area contributed by atoms with E-state index >= 15 is 0 Å². The number of carbonyl (C=O) groups excluding carboxylic acids is 2. The number of carbonyl (C=O) groups is 2. The highest BCUT2D eigenvalue weighted by Crippen LogP contribution is 2.57. The summed E-state index contributed by atoms with van der Waals surface area (Å²) in [6.07, 6.45) is 3.41. The van der Waals surface area contributed by atoms with Crippen LogP contribution in [0, 0.1) is 18.8 Å². The summed E-state index contributed by atoms with van der Waals surface area (Å²) in [6.45, 7) is 9.22. The number of alkyl carbamates (subject to hydrolysis) is 1. The lowest BCUT2D eigenvalue weighted by Gasteiger charge is -2.35. The molecule has 3 rings (SSSR count). The Balaban J connectivity index is 1.49. The smallest absolute Gasteiger partial charge is 0.407 e. The Labute approximate surface area is 278 Å². The van der Waals surface area contributed by atoms with Gasteiger partial charge in [-0.15, -0.1) is 0 Å². The van der Waals surface area contributed by atoms with Crippen LogP contribution in [-0.4, -0.2) is 75.0 Å². The zero-order valence-corrected chi connectivity index (χ0v) is 30.3. The normalized spacial score (nSPS) is 22.1. The fourth-order valence-corrected chi connectivity index (χ4v) is 9.32. The number of amides is 1. The van der Waals surface area contributed by atoms with Crippen LogP contribution in [0.5, 0.6) is 0 Å². The molecule has 2 N–H and O–H groups in total. The monoisotopic (exact) mass is 710 g/mol. The second-order valence-electron chi connectivity index (χ2n) is 13.1. The first-order chi connectivity index (χ1) is 21.0. The highest BCUT2D eigenvalue weighted by molar-refractivity contribution is 8.77. The van der Waals surface area contributed by atoms with Crippen LogP contribution in [0.4, 0.5) is 4.79 Å². The molecule has 2 fully saturated rings. The number of Topliss-reactive ketones (excluding diaryl/α,β-unsaturated/α-hetero) is 1. The number of rotatable bonds is 14. The summed E-state index contributed by atoms with van der Waals surface area (Å²) in [5, 5.41) is 2.76. The van der Waals surface area contributed by atoms with Gasteiger partial charge in [-0.1, -0.05) is 56.2 Å². The number of hydrogen-bond acceptors (Lipinski definition) is 10. The highest BCUT2D eigenvalue weighted by atomic mass is 35.7. The fourth-order valence-electron chi connectivity index (χ4n) is 4.97. The van der Waals surface area contributed by atoms with Crippen LogP contribution < -0.4 is 16.6 Å². The molecule has 0 radical (unpaired) electrons. The minimum absolute atomic E-state index is 0.00270. The van der Waals surface area contributed by atoms with E-state index in [-0.39, 0.29) is 42.0 Å². The molecule has 0 spiro atoms. The summed E-state index contributed by atoms with van der Waals surface area (Å²) in [5.74, 6) is 0.625. The molecule has 0 aliphatic carbocycles. The zero-order valence-electron chi connectivity index (χ0n) is 27.0. The number of piperidine rings is 1. The van der Waals surface area contributed by atoms with Gasteiger partial charge in [0.05, 0.1) is 19.3 Å². The molecule has 1 aromatic heterocycles. The quantitative estimate of drug-likeness (QED) is 0.176. The van der Waals surface area contributed by atoms with Crippen LogP contribution >= 0.6 is 39.7 Å². The molecule has 2 saturated heterocycles. The van der Waals surface area contributed by atoms with Crippen LogP contribution in [0.3, 0.4) is 0 Å². The van der Waals surface area contributed by atoms with E-state index in [1.165, 1.54) is 10.8 Å². The molecule has 12 nitrogen and oxygen atoms in total. The molecule has 256 valence electrons. The predicted molar refractivity (Wildman–Crippen MR) is 180 cm³/mol. The number of ketones is 1. The van der Waals surface area contributed by atoms with Crippen molar-refractivity contribution in [1.29, 1.82) is 0 Å². The van der Waals surface area contributed by atoms with Crippen molar-refractivity contribution in [3.63, 3.8) is 0 Å². The van der Waals surface area contributed by atoms with Gasteiger partial charge >= 0.3 is 18.7 Å². The largest absolute Gasteiger partial charge is 0.449 e. The van der Waals surface area contributed by atoms with Gasteiger partial charge < -0.3 is 19.3 Å². The SMILES string of the molecule is Cc1cn([C@H]2CCC[C@@H](COP(=O)(Cl)N3CCC(CC(=O)C(CSSC(C)(C)C)NC(=O)OCC(C)C)CC3)O2)c(=O)[nH]c1=O. The molecule has 0 bridgehead atoms. The molecule has 16 heteroatoms. The third kappa shape index (κ3) is 12.7. The van der Waals surface area contributed by atoms with E-state index in [9.17, 15) is 23.7 Å². The molecular formula is C29H48ClN4O8PS2. The predicted octanol–water partition coefficient (Wildman–Crippen LogP) is 5.88. The second kappa shape index (κ2) is 17.2. The number of hydrogen-bond donors (Lipinski definition) is 2. The summed E-state index contributed by atoms with van der Waals surface area (Å²) in [7, 11) is 3.21. The minimum atomic E-state index is -3.65. The maximum absolute atomic E-state index is 13.4. The summed E-state index contributed by atoms with van der Waals surface area (Å²) < 4.78 is 33.4. The number of aromatic amines is 1. The van der Waals surface area contributed by atoms with Gasteiger partial charge in [-0.3, -0.25) is 23.7 Å². The number of aryl methyl sites for hydroxylation is 1. The third-order valence-electron chi connectivity index (χ3n) is 7.39. The molecule has 1 aromatic rings. The van der Waals surface area contributed by atoms with Gasteiger partial charge in [0.2, 0.25) is 0 Å². The Bertz CT molecular complexity index is 1310. The average Bonchev–Trinajstić information content (AvgIpc) is 2.96. The Morgan fingerprint density at radius 1 is 1.20 bits per heavy atom. The summed E-state index contributed by atoms with van der Waals surface area (Å²) in [4.78, 5) is 52.0. The average molecular weight is 711 g/mol. The van der Waals surface area contributed by atoms with E-state index < -0.39 is 42.6 Å². The number of H-pyrrole nitrogens is 1. The van der Waals surface area contributed by atoms with Gasteiger partial charge in [-0.05, 0) is 62.1 Å². The summed E-state index contributed by atoms with van der Waals surface area (Å²) in [6, 6.07) is -0.666. The first-order valence-corrected chi connectivity index (χ1v) is 20.3. The summed E-state index contributed by atoms with van der Waals surface area (Å²) in [5.41, 5.74) is -0.575. The lowest BCUT2D eigenvalue weighted by molar-refractivity contribution is -0.121. The van der Waals surface area contributed by atoms with Crippen molar-refractivity contribution in [3.8, 4) is 0 Å². The van der Waals surface area contributed by atoms with Gasteiger partial charge in [0.15, 0.2) is 5.78 Å². The van der Waals surface area contributed by atoms with Crippen molar-refractivity contribution in [1.82, 2.24) is 19.5 Å². The van der Waals surface area contributed by atoms with E-state index in [0.29, 0.717) is 50.1 Å². The number of aromatic nitrogens is 2. The maximum Gasteiger partial charge on any atom is 0.407 e. The van der Waals surface area contributed by atoms with Gasteiger partial charge in [0.25, 0.3) is 5.56 Å². The molecule has 3 heterocycles. The Morgan fingerprint density at radius 3 is 2.53 bits per heavy atom. The van der Waals surface area contributed by atoms with Gasteiger partial charge in [0.1, 0.15) is 12.3 Å². The highest BCUT2D eigenvalue weighted by Gasteiger charge is 2.36. The maximum atomic E-state index is 13.4. The van der Waals surface area contributed by atoms with Gasteiger partial charge in [-0.25, -0.2) is 14.3 Å². The Kier molecular flexibility index (Phi) is 14.6. The standard InChI is InChI=1S/C29H48ClN4O8PS2/c1-19(2)16-40-28(38)31-23(18-44-45-29(4,5)6)24(35)14-21-10-12-33(13-11-21)43(30,39)41-17-22-8-7-9-25(42-22)34-15-20(3)26(36)32-27(34)37/h15,19,21-23,25H,7-14,16-18H2,1-6H3,(H,31,38)(H,32,36,37)/t22-,23?,25+,43?/m0/s1. The molecule has 45 heavy (non-hydrogen) atoms. The zero-order chi connectivity index (χ0) is 33.4. The van der Waals surface area contributed by atoms with Crippen LogP contribution in [-0.2, 0) is 23.4 Å². The first kappa shape index (κ1) is 38.2. The van der Waals surface area contributed by atoms with E-state index in [1.54, 1.807) is 33.2 Å². The van der Waals surface area contributed by atoms with E-state index in [0.717, 1.165) is 6.42 Å². The van der Waals surface area contributed by atoms with Crippen molar-refractivity contribution in [3.05, 3.63) is 32.6 Å². The van der Waals surface area contributed by atoms with Crippen LogP contribution in [0.25, 0.3) is 0 Å². The van der Waals surface area contributed by atoms with Crippen molar-refractivity contribution in [2.75, 3.05) is 32.1 Å². The van der Waals surface area contributed by atoms with Crippen molar-refractivity contribution in [2.24, 2.45) is 11.8 Å². The summed E-state index contributed by atoms with van der Waals surface area (Å²) >= 11 is 6.43. The molecule has 2 unspecified atom stereocenters. The van der Waals surface area contributed by atoms with E-state index in [1.807, 2.05) is 13.8 Å².